The second-order valence-corrected chi connectivity index (χ2v) is 16.1. The molecule has 0 amide bonds. The van der Waals surface area contributed by atoms with Gasteiger partial charge in [0.1, 0.15) is 11.0 Å². The molecule has 0 saturated carbocycles. The maximum atomic E-state index is 12.9. The van der Waals surface area contributed by atoms with E-state index >= 15 is 0 Å². The van der Waals surface area contributed by atoms with Crippen molar-refractivity contribution in [1.82, 2.24) is 19.9 Å². The van der Waals surface area contributed by atoms with Crippen LogP contribution in [0.2, 0.25) is 0 Å². The zero-order chi connectivity index (χ0) is 40.6. The highest BCUT2D eigenvalue weighted by molar-refractivity contribution is 6.17. The van der Waals surface area contributed by atoms with E-state index in [-0.39, 0.29) is 11.8 Å². The summed E-state index contributed by atoms with van der Waals surface area (Å²) in [5, 5.41) is 3.90. The molecule has 0 spiro atoms. The Morgan fingerprint density at radius 2 is 1.23 bits per heavy atom. The molecule has 3 unspecified atom stereocenters. The molecule has 3 atom stereocenters. The van der Waals surface area contributed by atoms with Crippen LogP contribution in [-0.4, -0.2) is 19.9 Å². The van der Waals surface area contributed by atoms with Crippen molar-refractivity contribution in [2.24, 2.45) is 11.8 Å². The number of anilines is 2. The summed E-state index contributed by atoms with van der Waals surface area (Å²) in [6, 6.07) is 38.7. The molecule has 7 nitrogen and oxygen atoms in total. The molecule has 7 heteroatoms. The average Bonchev–Trinajstić information content (AvgIpc) is 3.90. The van der Waals surface area contributed by atoms with Crippen LogP contribution in [0.1, 0.15) is 23.5 Å². The van der Waals surface area contributed by atoms with E-state index in [1.807, 2.05) is 6.07 Å². The Morgan fingerprint density at radius 3 is 2.08 bits per heavy atom. The van der Waals surface area contributed by atoms with E-state index in [9.17, 15) is 9.59 Å². The molecule has 4 aliphatic rings. The molecular weight excluding hydrogens is 751 g/mol. The van der Waals surface area contributed by atoms with Crippen molar-refractivity contribution in [2.45, 2.75) is 12.3 Å². The van der Waals surface area contributed by atoms with E-state index in [0.717, 1.165) is 45.6 Å². The van der Waals surface area contributed by atoms with Gasteiger partial charge in [0.05, 0.1) is 11.0 Å². The third kappa shape index (κ3) is 5.88. The minimum absolute atomic E-state index is 0.0715. The summed E-state index contributed by atoms with van der Waals surface area (Å²) in [7, 11) is 0. The molecule has 0 bridgehead atoms. The lowest BCUT2D eigenvalue weighted by molar-refractivity contribution is 0.664. The zero-order valence-corrected chi connectivity index (χ0v) is 32.8. The number of fused-ring (bicyclic) bond motifs is 8. The normalized spacial score (nSPS) is 19.2. The molecule has 6 aromatic carbocycles. The molecule has 2 heterocycles. The molecular formula is C54H35N5O2. The van der Waals surface area contributed by atoms with Crippen molar-refractivity contribution in [3.05, 3.63) is 231 Å². The Labute approximate surface area is 350 Å². The molecule has 0 aliphatic heterocycles. The van der Waals surface area contributed by atoms with Crippen LogP contribution in [0.25, 0.3) is 60.3 Å². The van der Waals surface area contributed by atoms with E-state index in [0.29, 0.717) is 33.4 Å². The number of nitrogens with zero attached hydrogens (tertiary/aromatic N) is 5. The van der Waals surface area contributed by atoms with E-state index in [2.05, 4.69) is 195 Å². The lowest BCUT2D eigenvalue weighted by Crippen LogP contribution is -2.25. The lowest BCUT2D eigenvalue weighted by atomic mass is 9.74. The van der Waals surface area contributed by atoms with Gasteiger partial charge in [-0.25, -0.2) is 9.59 Å². The first-order valence-electron chi connectivity index (χ1n) is 20.6. The van der Waals surface area contributed by atoms with Gasteiger partial charge in [-0.3, -0.25) is 0 Å². The van der Waals surface area contributed by atoms with Crippen molar-refractivity contribution in [1.29, 1.82) is 0 Å². The van der Waals surface area contributed by atoms with Crippen LogP contribution < -0.4 is 16.3 Å². The van der Waals surface area contributed by atoms with Crippen LogP contribution in [0.15, 0.2) is 209 Å². The molecule has 0 saturated heterocycles. The fourth-order valence-corrected chi connectivity index (χ4v) is 9.72. The van der Waals surface area contributed by atoms with Gasteiger partial charge in [-0.2, -0.15) is 19.9 Å². The second kappa shape index (κ2) is 13.9. The SMILES string of the molecule is O=c1nc2ccc3cc(C4C=CC(N(c5ccc(C6=CC=C7C=CC=CC7C6)cc5)c5ccc(-c6ccc7ccccc7c6)cc5)=C5C=CC=CC54)c4nc(=O)nc4c3c2n1. The molecule has 0 fully saturated rings. The maximum absolute atomic E-state index is 12.9. The number of aromatic nitrogens is 4. The van der Waals surface area contributed by atoms with Gasteiger partial charge in [-0.1, -0.05) is 134 Å². The number of hydrogen-bond acceptors (Lipinski definition) is 7. The van der Waals surface area contributed by atoms with Crippen LogP contribution in [0.4, 0.5) is 11.4 Å². The highest BCUT2D eigenvalue weighted by Crippen LogP contribution is 2.47. The Bertz CT molecular complexity index is 3500. The summed E-state index contributed by atoms with van der Waals surface area (Å²) < 4.78 is 0. The van der Waals surface area contributed by atoms with Crippen molar-refractivity contribution >= 4 is 60.6 Å². The molecule has 61 heavy (non-hydrogen) atoms. The molecule has 8 aromatic rings. The average molecular weight is 786 g/mol. The van der Waals surface area contributed by atoms with Gasteiger partial charge in [0, 0.05) is 40.2 Å². The number of allylic oxidation sites excluding steroid dienone is 15. The maximum Gasteiger partial charge on any atom is 0.368 e. The molecule has 288 valence electrons. The summed E-state index contributed by atoms with van der Waals surface area (Å²) in [4.78, 5) is 44.5. The van der Waals surface area contributed by atoms with Gasteiger partial charge in [-0.15, -0.1) is 0 Å². The van der Waals surface area contributed by atoms with Crippen molar-refractivity contribution in [3.8, 4) is 11.1 Å². The van der Waals surface area contributed by atoms with Gasteiger partial charge >= 0.3 is 11.4 Å². The molecule has 0 radical (unpaired) electrons. The van der Waals surface area contributed by atoms with Gasteiger partial charge in [-0.05, 0) is 110 Å². The Morgan fingerprint density at radius 1 is 0.525 bits per heavy atom. The van der Waals surface area contributed by atoms with Crippen molar-refractivity contribution in [2.75, 3.05) is 4.90 Å². The third-order valence-electron chi connectivity index (χ3n) is 12.7. The predicted molar refractivity (Wildman–Crippen MR) is 246 cm³/mol. The van der Waals surface area contributed by atoms with Gasteiger partial charge in [0.25, 0.3) is 0 Å². The minimum Gasteiger partial charge on any atom is -0.310 e. The summed E-state index contributed by atoms with van der Waals surface area (Å²) in [5.74, 6) is 0.174. The van der Waals surface area contributed by atoms with E-state index in [4.69, 9.17) is 0 Å². The van der Waals surface area contributed by atoms with Crippen LogP contribution in [0, 0.1) is 11.8 Å². The summed E-state index contributed by atoms with van der Waals surface area (Å²) in [5.41, 5.74) is 12.2. The molecule has 12 rings (SSSR count). The highest BCUT2D eigenvalue weighted by atomic mass is 16.1. The van der Waals surface area contributed by atoms with Gasteiger partial charge < -0.3 is 4.90 Å². The number of rotatable bonds is 6. The second-order valence-electron chi connectivity index (χ2n) is 16.1. The Kier molecular flexibility index (Phi) is 7.97. The van der Waals surface area contributed by atoms with Crippen LogP contribution in [0.3, 0.4) is 0 Å². The zero-order valence-electron chi connectivity index (χ0n) is 32.8. The summed E-state index contributed by atoms with van der Waals surface area (Å²) in [6.45, 7) is 0. The first-order chi connectivity index (χ1) is 30.0. The van der Waals surface area contributed by atoms with Crippen LogP contribution in [0.5, 0.6) is 0 Å². The molecule has 4 aliphatic carbocycles. The number of benzene rings is 6. The first-order valence-corrected chi connectivity index (χ1v) is 20.6. The Balaban J connectivity index is 0.972. The summed E-state index contributed by atoms with van der Waals surface area (Å²) >= 11 is 0. The van der Waals surface area contributed by atoms with Crippen molar-refractivity contribution < 1.29 is 0 Å². The fourth-order valence-electron chi connectivity index (χ4n) is 9.72. The van der Waals surface area contributed by atoms with E-state index in [1.54, 1.807) is 6.07 Å². The Hall–Kier alpha value is -7.90. The van der Waals surface area contributed by atoms with Gasteiger partial charge in [0.15, 0.2) is 0 Å². The van der Waals surface area contributed by atoms with Crippen LogP contribution in [-0.2, 0) is 0 Å². The largest absolute Gasteiger partial charge is 0.368 e. The molecule has 2 aromatic heterocycles. The smallest absolute Gasteiger partial charge is 0.310 e. The van der Waals surface area contributed by atoms with E-state index < -0.39 is 11.4 Å². The summed E-state index contributed by atoms with van der Waals surface area (Å²) in [6.07, 6.45) is 27.3. The fraction of sp³-hybridized carbons (Fsp3) is 0.0741. The number of imidazole rings is 2. The standard InChI is InChI=1S/C54H35N5O2/c60-53-55-47-27-21-40-31-46(50-52(58-54(61)56-50)49(40)51(47)57-53)44-26-28-48(45-12-6-5-11-43(44)45)59(41-22-17-34(18-23-41)38-15-13-32-7-1-3-9-36(32)29-38)42-24-19-35(20-25-42)39-16-14-33-8-2-4-10-37(33)30-39/h1-29,31,37,43-44H,30H2. The highest BCUT2D eigenvalue weighted by Gasteiger charge is 2.33. The topological polar surface area (TPSA) is 88.9 Å². The minimum atomic E-state index is -0.563. The molecule has 0 N–H and O–H groups in total. The third-order valence-corrected chi connectivity index (χ3v) is 12.7. The lowest BCUT2D eigenvalue weighted by Gasteiger charge is -2.36. The van der Waals surface area contributed by atoms with E-state index in [1.165, 1.54) is 33.0 Å². The number of hydrogen-bond donors (Lipinski definition) is 0. The van der Waals surface area contributed by atoms with Gasteiger partial charge in [0.2, 0.25) is 0 Å². The quantitative estimate of drug-likeness (QED) is 0.166. The van der Waals surface area contributed by atoms with Crippen molar-refractivity contribution in [3.63, 3.8) is 0 Å². The predicted octanol–water partition coefficient (Wildman–Crippen LogP) is 11.1. The van der Waals surface area contributed by atoms with Crippen LogP contribution >= 0.6 is 0 Å². The first kappa shape index (κ1) is 35.1. The monoisotopic (exact) mass is 785 g/mol.